The number of aryl methyl sites for hydroxylation is 1. The Morgan fingerprint density at radius 3 is 2.63 bits per heavy atom. The minimum Gasteiger partial charge on any atom is -0.382 e. The zero-order valence-corrected chi connectivity index (χ0v) is 12.7. The van der Waals surface area contributed by atoms with Crippen LogP contribution in [0, 0.1) is 5.92 Å². The van der Waals surface area contributed by atoms with E-state index in [4.69, 9.17) is 0 Å². The maximum absolute atomic E-state index is 3.76. The average Bonchev–Trinajstić information content (AvgIpc) is 2.42. The number of nitrogens with one attached hydrogen (secondary N) is 1. The molecule has 1 aromatic carbocycles. The maximum atomic E-state index is 3.76. The zero-order chi connectivity index (χ0) is 13.7. The number of benzene rings is 1. The highest BCUT2D eigenvalue weighted by Gasteiger charge is 2.22. The van der Waals surface area contributed by atoms with Gasteiger partial charge in [-0.25, -0.2) is 0 Å². The van der Waals surface area contributed by atoms with Gasteiger partial charge < -0.3 is 10.2 Å². The highest BCUT2D eigenvalue weighted by molar-refractivity contribution is 5.51. The predicted molar refractivity (Wildman–Crippen MR) is 83.7 cm³/mol. The molecule has 1 heterocycles. The van der Waals surface area contributed by atoms with Gasteiger partial charge in [-0.3, -0.25) is 0 Å². The zero-order valence-electron chi connectivity index (χ0n) is 12.7. The lowest BCUT2D eigenvalue weighted by molar-refractivity contribution is 0.208. The van der Waals surface area contributed by atoms with E-state index in [9.17, 15) is 0 Å². The summed E-state index contributed by atoms with van der Waals surface area (Å²) in [6.45, 7) is 7.08. The maximum Gasteiger partial charge on any atom is 0.0374 e. The van der Waals surface area contributed by atoms with Gasteiger partial charge in [0.2, 0.25) is 0 Å². The van der Waals surface area contributed by atoms with E-state index in [1.165, 1.54) is 50.0 Å². The fourth-order valence-electron chi connectivity index (χ4n) is 3.04. The van der Waals surface area contributed by atoms with Crippen LogP contribution in [0.1, 0.15) is 38.7 Å². The Kier molecular flexibility index (Phi) is 5.26. The molecule has 1 aromatic rings. The molecular weight excluding hydrogens is 232 g/mol. The van der Waals surface area contributed by atoms with Gasteiger partial charge in [0, 0.05) is 11.7 Å². The first-order chi connectivity index (χ1) is 9.20. The molecule has 0 bridgehead atoms. The van der Waals surface area contributed by atoms with Crippen LogP contribution < -0.4 is 5.32 Å². The van der Waals surface area contributed by atoms with Crippen molar-refractivity contribution in [2.45, 2.75) is 45.6 Å². The summed E-state index contributed by atoms with van der Waals surface area (Å²) in [7, 11) is 2.23. The van der Waals surface area contributed by atoms with Crippen molar-refractivity contribution in [1.82, 2.24) is 4.90 Å². The number of anilines is 1. The fourth-order valence-corrected chi connectivity index (χ4v) is 3.04. The van der Waals surface area contributed by atoms with Crippen molar-refractivity contribution in [2.75, 3.05) is 25.5 Å². The quantitative estimate of drug-likeness (QED) is 0.866. The van der Waals surface area contributed by atoms with Crippen LogP contribution in [0.25, 0.3) is 0 Å². The van der Waals surface area contributed by atoms with Gasteiger partial charge in [0.1, 0.15) is 0 Å². The Morgan fingerprint density at radius 2 is 1.95 bits per heavy atom. The monoisotopic (exact) mass is 260 g/mol. The first-order valence-corrected chi connectivity index (χ1v) is 7.73. The largest absolute Gasteiger partial charge is 0.382 e. The second-order valence-corrected chi connectivity index (χ2v) is 5.98. The number of piperidine rings is 1. The number of para-hydroxylation sites is 1. The molecule has 0 saturated carbocycles. The van der Waals surface area contributed by atoms with Crippen LogP contribution in [-0.2, 0) is 6.42 Å². The minimum absolute atomic E-state index is 0.576. The Morgan fingerprint density at radius 1 is 1.26 bits per heavy atom. The molecule has 1 N–H and O–H groups in total. The average molecular weight is 260 g/mol. The van der Waals surface area contributed by atoms with Crippen molar-refractivity contribution in [2.24, 2.45) is 5.92 Å². The molecule has 2 heteroatoms. The van der Waals surface area contributed by atoms with Gasteiger partial charge in [-0.2, -0.15) is 0 Å². The molecule has 2 rings (SSSR count). The van der Waals surface area contributed by atoms with E-state index >= 15 is 0 Å². The molecule has 1 aliphatic heterocycles. The molecule has 0 spiro atoms. The normalized spacial score (nSPS) is 19.3. The number of hydrogen-bond donors (Lipinski definition) is 1. The summed E-state index contributed by atoms with van der Waals surface area (Å²) in [6.07, 6.45) is 5.02. The molecule has 106 valence electrons. The van der Waals surface area contributed by atoms with Gasteiger partial charge >= 0.3 is 0 Å². The van der Waals surface area contributed by atoms with Crippen molar-refractivity contribution in [3.8, 4) is 0 Å². The Labute approximate surface area is 118 Å². The third kappa shape index (κ3) is 3.97. The van der Waals surface area contributed by atoms with Crippen LogP contribution in [-0.4, -0.2) is 31.1 Å². The Hall–Kier alpha value is -1.02. The minimum atomic E-state index is 0.576. The second-order valence-electron chi connectivity index (χ2n) is 5.98. The van der Waals surface area contributed by atoms with Crippen LogP contribution in [0.4, 0.5) is 5.69 Å². The SMILES string of the molecule is CCCc1ccccc1NC(C)C1CCN(C)CC1. The van der Waals surface area contributed by atoms with Gasteiger partial charge in [0.05, 0.1) is 0 Å². The molecule has 1 fully saturated rings. The van der Waals surface area contributed by atoms with Crippen molar-refractivity contribution in [1.29, 1.82) is 0 Å². The third-order valence-electron chi connectivity index (χ3n) is 4.39. The van der Waals surface area contributed by atoms with Gasteiger partial charge in [-0.15, -0.1) is 0 Å². The van der Waals surface area contributed by atoms with Crippen molar-refractivity contribution in [3.63, 3.8) is 0 Å². The van der Waals surface area contributed by atoms with E-state index in [0.717, 1.165) is 5.92 Å². The smallest absolute Gasteiger partial charge is 0.0374 e. The number of rotatable bonds is 5. The highest BCUT2D eigenvalue weighted by atomic mass is 15.1. The van der Waals surface area contributed by atoms with Crippen LogP contribution in [0.2, 0.25) is 0 Å². The molecule has 0 aromatic heterocycles. The summed E-state index contributed by atoms with van der Waals surface area (Å²) >= 11 is 0. The lowest BCUT2D eigenvalue weighted by atomic mass is 9.90. The van der Waals surface area contributed by atoms with Crippen LogP contribution >= 0.6 is 0 Å². The van der Waals surface area contributed by atoms with Gasteiger partial charge in [0.15, 0.2) is 0 Å². The molecule has 1 aliphatic rings. The van der Waals surface area contributed by atoms with Crippen molar-refractivity contribution >= 4 is 5.69 Å². The molecule has 1 unspecified atom stereocenters. The molecule has 0 radical (unpaired) electrons. The van der Waals surface area contributed by atoms with Crippen molar-refractivity contribution < 1.29 is 0 Å². The summed E-state index contributed by atoms with van der Waals surface area (Å²) < 4.78 is 0. The Bertz CT molecular complexity index is 381. The van der Waals surface area contributed by atoms with Crippen molar-refractivity contribution in [3.05, 3.63) is 29.8 Å². The van der Waals surface area contributed by atoms with E-state index in [-0.39, 0.29) is 0 Å². The summed E-state index contributed by atoms with van der Waals surface area (Å²) in [5.41, 5.74) is 2.81. The lowest BCUT2D eigenvalue weighted by Crippen LogP contribution is -2.37. The molecule has 2 nitrogen and oxygen atoms in total. The van der Waals surface area contributed by atoms with Crippen LogP contribution in [0.3, 0.4) is 0 Å². The number of nitrogens with zero attached hydrogens (tertiary/aromatic N) is 1. The molecule has 0 amide bonds. The topological polar surface area (TPSA) is 15.3 Å². The summed E-state index contributed by atoms with van der Waals surface area (Å²) in [4.78, 5) is 2.44. The summed E-state index contributed by atoms with van der Waals surface area (Å²) in [6, 6.07) is 9.36. The molecule has 1 atom stereocenters. The standard InChI is InChI=1S/C17H28N2/c1-4-7-16-8-5-6-9-17(16)18-14(2)15-10-12-19(3)13-11-15/h5-6,8-9,14-15,18H,4,7,10-13H2,1-3H3. The third-order valence-corrected chi connectivity index (χ3v) is 4.39. The molecule has 0 aliphatic carbocycles. The summed E-state index contributed by atoms with van der Waals surface area (Å²) in [5.74, 6) is 0.811. The van der Waals surface area contributed by atoms with Gasteiger partial charge in [-0.05, 0) is 63.9 Å². The molecule has 19 heavy (non-hydrogen) atoms. The summed E-state index contributed by atoms with van der Waals surface area (Å²) in [5, 5.41) is 3.76. The van der Waals surface area contributed by atoms with E-state index < -0.39 is 0 Å². The predicted octanol–water partition coefficient (Wildman–Crippen LogP) is 3.78. The first kappa shape index (κ1) is 14.4. The van der Waals surface area contributed by atoms with E-state index in [2.05, 4.69) is 55.4 Å². The number of likely N-dealkylation sites (tertiary alicyclic amines) is 1. The highest BCUT2D eigenvalue weighted by Crippen LogP contribution is 2.24. The van der Waals surface area contributed by atoms with E-state index in [1.54, 1.807) is 0 Å². The van der Waals surface area contributed by atoms with Gasteiger partial charge in [-0.1, -0.05) is 31.5 Å². The lowest BCUT2D eigenvalue weighted by Gasteiger charge is -2.33. The first-order valence-electron chi connectivity index (χ1n) is 7.73. The molecular formula is C17H28N2. The van der Waals surface area contributed by atoms with E-state index in [0.29, 0.717) is 6.04 Å². The molecule has 1 saturated heterocycles. The van der Waals surface area contributed by atoms with Crippen LogP contribution in [0.15, 0.2) is 24.3 Å². The number of hydrogen-bond acceptors (Lipinski definition) is 2. The van der Waals surface area contributed by atoms with E-state index in [1.807, 2.05) is 0 Å². The van der Waals surface area contributed by atoms with Gasteiger partial charge in [0.25, 0.3) is 0 Å². The Balaban J connectivity index is 1.96. The second kappa shape index (κ2) is 6.95. The van der Waals surface area contributed by atoms with Crippen LogP contribution in [0.5, 0.6) is 0 Å². The fraction of sp³-hybridized carbons (Fsp3) is 0.647.